The first-order valence-corrected chi connectivity index (χ1v) is 14.1. The van der Waals surface area contributed by atoms with Gasteiger partial charge in [0.2, 0.25) is 21.7 Å². The number of nitrogens with zero attached hydrogens (tertiary/aromatic N) is 3. The van der Waals surface area contributed by atoms with Gasteiger partial charge >= 0.3 is 5.97 Å². The minimum absolute atomic E-state index is 0.0805. The van der Waals surface area contributed by atoms with Crippen LogP contribution in [-0.2, 0) is 23.6 Å². The summed E-state index contributed by atoms with van der Waals surface area (Å²) in [6.45, 7) is -0.0805. The average Bonchev–Trinajstić information content (AvgIpc) is 2.93. The van der Waals surface area contributed by atoms with Gasteiger partial charge < -0.3 is 10.1 Å². The van der Waals surface area contributed by atoms with Crippen molar-refractivity contribution < 1.29 is 27.1 Å². The quantitative estimate of drug-likeness (QED) is 0.250. The van der Waals surface area contributed by atoms with Gasteiger partial charge in [-0.15, -0.1) is 9.24 Å². The summed E-state index contributed by atoms with van der Waals surface area (Å²) in [6.07, 6.45) is 0.922. The van der Waals surface area contributed by atoms with Crippen LogP contribution in [0, 0.1) is 5.82 Å². The van der Waals surface area contributed by atoms with Gasteiger partial charge in [0.25, 0.3) is 11.5 Å². The van der Waals surface area contributed by atoms with Gasteiger partial charge in [-0.2, -0.15) is 0 Å². The van der Waals surface area contributed by atoms with Gasteiger partial charge in [0.05, 0.1) is 17.5 Å². The zero-order valence-electron chi connectivity index (χ0n) is 21.4. The predicted octanol–water partition coefficient (Wildman–Crippen LogP) is 2.67. The summed E-state index contributed by atoms with van der Waals surface area (Å²) in [5, 5.41) is 3.33. The van der Waals surface area contributed by atoms with E-state index in [0.29, 0.717) is 5.56 Å². The molecule has 3 aromatic carbocycles. The van der Waals surface area contributed by atoms with Crippen LogP contribution in [0.15, 0.2) is 83.7 Å². The summed E-state index contributed by atoms with van der Waals surface area (Å²) in [5.74, 6) is -3.40. The fraction of sp³-hybridized carbons (Fsp3) is 0.111. The Labute approximate surface area is 231 Å². The molecule has 10 nitrogen and oxygen atoms in total. The molecule has 1 amide bonds. The fourth-order valence-corrected chi connectivity index (χ4v) is 4.81. The maximum atomic E-state index is 13.5. The molecule has 0 fully saturated rings. The zero-order valence-corrected chi connectivity index (χ0v) is 23.3. The summed E-state index contributed by atoms with van der Waals surface area (Å²) in [6, 6.07) is 19.4. The normalized spacial score (nSPS) is 11.1. The SMILES string of the molecule is Cn1c(N(c2ccc(P)cc2)S(C)(=O)=O)nc(C(=O)NCc2ccc(F)cc2)c(OC(=O)c2ccccc2)c1=O. The molecule has 0 saturated heterocycles. The van der Waals surface area contributed by atoms with E-state index in [-0.39, 0.29) is 17.8 Å². The molecule has 4 aromatic rings. The van der Waals surface area contributed by atoms with E-state index in [2.05, 4.69) is 19.5 Å². The number of carbonyl (C=O) groups is 2. The number of carbonyl (C=O) groups excluding carboxylic acids is 2. The number of nitrogens with one attached hydrogen (secondary N) is 1. The Hall–Kier alpha value is -4.41. The van der Waals surface area contributed by atoms with Crippen LogP contribution in [-0.4, -0.2) is 36.1 Å². The molecule has 0 aliphatic rings. The van der Waals surface area contributed by atoms with Gasteiger partial charge in [-0.05, 0) is 47.3 Å². The Bertz CT molecular complexity index is 1730. The second-order valence-electron chi connectivity index (χ2n) is 8.64. The maximum absolute atomic E-state index is 13.5. The number of aromatic nitrogens is 2. The molecule has 1 heterocycles. The molecule has 40 heavy (non-hydrogen) atoms. The lowest BCUT2D eigenvalue weighted by Crippen LogP contribution is -2.36. The van der Waals surface area contributed by atoms with Crippen LogP contribution in [0.4, 0.5) is 16.0 Å². The number of sulfonamides is 1. The molecule has 0 radical (unpaired) electrons. The second kappa shape index (κ2) is 11.8. The van der Waals surface area contributed by atoms with Crippen molar-refractivity contribution in [2.24, 2.45) is 7.05 Å². The van der Waals surface area contributed by atoms with Gasteiger partial charge in [-0.3, -0.25) is 14.2 Å². The lowest BCUT2D eigenvalue weighted by molar-refractivity contribution is 0.0727. The number of amides is 1. The monoisotopic (exact) mass is 582 g/mol. The van der Waals surface area contributed by atoms with E-state index in [1.165, 1.54) is 55.6 Å². The van der Waals surface area contributed by atoms with Crippen LogP contribution in [0.3, 0.4) is 0 Å². The predicted molar refractivity (Wildman–Crippen MR) is 151 cm³/mol. The highest BCUT2D eigenvalue weighted by Gasteiger charge is 2.30. The molecule has 4 rings (SSSR count). The summed E-state index contributed by atoms with van der Waals surface area (Å²) in [7, 11) is -0.358. The molecule has 13 heteroatoms. The van der Waals surface area contributed by atoms with Crippen LogP contribution in [0.25, 0.3) is 0 Å². The van der Waals surface area contributed by atoms with Crippen LogP contribution < -0.4 is 25.2 Å². The average molecular weight is 583 g/mol. The van der Waals surface area contributed by atoms with E-state index in [4.69, 9.17) is 4.74 Å². The first-order valence-electron chi connectivity index (χ1n) is 11.7. The highest BCUT2D eigenvalue weighted by molar-refractivity contribution is 7.92. The molecular formula is C27H24FN4O6PS. The second-order valence-corrected chi connectivity index (χ2v) is 11.1. The van der Waals surface area contributed by atoms with Crippen molar-refractivity contribution in [1.29, 1.82) is 0 Å². The van der Waals surface area contributed by atoms with E-state index in [1.807, 2.05) is 0 Å². The van der Waals surface area contributed by atoms with Crippen molar-refractivity contribution >= 4 is 48.1 Å². The molecule has 1 unspecified atom stereocenters. The van der Waals surface area contributed by atoms with Gasteiger partial charge in [-0.25, -0.2) is 26.9 Å². The van der Waals surface area contributed by atoms with Crippen molar-refractivity contribution in [3.05, 3.63) is 112 Å². The van der Waals surface area contributed by atoms with Crippen LogP contribution in [0.5, 0.6) is 5.75 Å². The molecule has 1 aromatic heterocycles. The van der Waals surface area contributed by atoms with E-state index < -0.39 is 50.7 Å². The number of halogens is 1. The largest absolute Gasteiger partial charge is 0.414 e. The number of esters is 1. The molecule has 1 N–H and O–H groups in total. The van der Waals surface area contributed by atoms with Crippen molar-refractivity contribution in [2.75, 3.05) is 10.6 Å². The Morgan fingerprint density at radius 1 is 1.02 bits per heavy atom. The molecule has 0 saturated carbocycles. The van der Waals surface area contributed by atoms with Crippen LogP contribution >= 0.6 is 9.24 Å². The Morgan fingerprint density at radius 3 is 2.25 bits per heavy atom. The standard InChI is InChI=1S/C27H24FN4O6PS/c1-31-25(34)23(38-26(35)18-6-4-3-5-7-18)22(24(33)29-16-17-8-10-19(28)11-9-17)30-27(31)32(40(2,36)37)20-12-14-21(39)15-13-20/h3-15H,16,39H2,1-2H3,(H,29,33). The van der Waals surface area contributed by atoms with Gasteiger partial charge in [0.15, 0.2) is 5.69 Å². The lowest BCUT2D eigenvalue weighted by Gasteiger charge is -2.24. The highest BCUT2D eigenvalue weighted by atomic mass is 32.2. The Kier molecular flexibility index (Phi) is 8.41. The van der Waals surface area contributed by atoms with Crippen molar-refractivity contribution in [1.82, 2.24) is 14.9 Å². The van der Waals surface area contributed by atoms with Crippen molar-refractivity contribution in [3.63, 3.8) is 0 Å². The lowest BCUT2D eigenvalue weighted by atomic mass is 10.2. The smallest absolute Gasteiger partial charge is 0.343 e. The number of rotatable bonds is 8. The topological polar surface area (TPSA) is 128 Å². The number of ether oxygens (including phenoxy) is 1. The maximum Gasteiger partial charge on any atom is 0.343 e. The summed E-state index contributed by atoms with van der Waals surface area (Å²) < 4.78 is 46.1. The molecule has 1 atom stereocenters. The third kappa shape index (κ3) is 6.41. The minimum atomic E-state index is -4.07. The molecule has 0 aliphatic carbocycles. The number of hydrogen-bond donors (Lipinski definition) is 1. The third-order valence-corrected chi connectivity index (χ3v) is 7.07. The van der Waals surface area contributed by atoms with E-state index in [9.17, 15) is 27.2 Å². The molecular weight excluding hydrogens is 558 g/mol. The fourth-order valence-electron chi connectivity index (χ4n) is 3.66. The summed E-state index contributed by atoms with van der Waals surface area (Å²) >= 11 is 0. The minimum Gasteiger partial charge on any atom is -0.414 e. The van der Waals surface area contributed by atoms with Crippen molar-refractivity contribution in [2.45, 2.75) is 6.54 Å². The molecule has 0 aliphatic heterocycles. The van der Waals surface area contributed by atoms with Crippen LogP contribution in [0.1, 0.15) is 26.4 Å². The summed E-state index contributed by atoms with van der Waals surface area (Å²) in [5.41, 5.74) is -0.778. The van der Waals surface area contributed by atoms with E-state index in [0.717, 1.165) is 20.4 Å². The number of benzene rings is 3. The Balaban J connectivity index is 1.84. The van der Waals surface area contributed by atoms with Gasteiger partial charge in [0, 0.05) is 13.6 Å². The number of anilines is 2. The third-order valence-electron chi connectivity index (χ3n) is 5.65. The molecule has 0 spiro atoms. The van der Waals surface area contributed by atoms with Crippen LogP contribution in [0.2, 0.25) is 0 Å². The zero-order chi connectivity index (χ0) is 29.0. The van der Waals surface area contributed by atoms with Crippen molar-refractivity contribution in [3.8, 4) is 5.75 Å². The molecule has 0 bridgehead atoms. The van der Waals surface area contributed by atoms with E-state index >= 15 is 0 Å². The van der Waals surface area contributed by atoms with Gasteiger partial charge in [0.1, 0.15) is 5.82 Å². The first-order chi connectivity index (χ1) is 19.0. The van der Waals surface area contributed by atoms with Gasteiger partial charge in [-0.1, -0.05) is 42.5 Å². The number of hydrogen-bond acceptors (Lipinski definition) is 7. The highest BCUT2D eigenvalue weighted by Crippen LogP contribution is 2.27. The Morgan fingerprint density at radius 2 is 1.65 bits per heavy atom. The molecule has 206 valence electrons. The summed E-state index contributed by atoms with van der Waals surface area (Å²) in [4.78, 5) is 43.9. The van der Waals surface area contributed by atoms with E-state index in [1.54, 1.807) is 30.3 Å². The first kappa shape index (κ1) is 28.6.